The summed E-state index contributed by atoms with van der Waals surface area (Å²) in [6.45, 7) is 4.24. The molecule has 10 nitrogen and oxygen atoms in total. The smallest absolute Gasteiger partial charge is 0.310 e. The van der Waals surface area contributed by atoms with Crippen LogP contribution in [0.4, 0.5) is 0 Å². The molecule has 1 spiro atoms. The predicted octanol–water partition coefficient (Wildman–Crippen LogP) is 4.56. The summed E-state index contributed by atoms with van der Waals surface area (Å²) in [5.74, 6) is -0.0179. The summed E-state index contributed by atoms with van der Waals surface area (Å²) < 4.78 is 8.63. The summed E-state index contributed by atoms with van der Waals surface area (Å²) in [5.41, 5.74) is 0.878. The van der Waals surface area contributed by atoms with Crippen molar-refractivity contribution in [1.82, 2.24) is 24.6 Å². The molecule has 0 bridgehead atoms. The van der Waals surface area contributed by atoms with Gasteiger partial charge >= 0.3 is 5.97 Å². The second-order valence-corrected chi connectivity index (χ2v) is 13.7. The number of rotatable bonds is 7. The predicted molar refractivity (Wildman–Crippen MR) is 153 cm³/mol. The summed E-state index contributed by atoms with van der Waals surface area (Å²) in [5, 5.41) is 19.1. The van der Waals surface area contributed by atoms with Crippen molar-refractivity contribution in [1.29, 1.82) is 0 Å². The van der Waals surface area contributed by atoms with E-state index < -0.39 is 23.3 Å². The molecule has 11 heteroatoms. The van der Waals surface area contributed by atoms with E-state index in [1.165, 1.54) is 0 Å². The molecule has 0 radical (unpaired) electrons. The molecule has 2 saturated carbocycles. The Labute approximate surface area is 250 Å². The molecular formula is C31H38ClN5O5. The van der Waals surface area contributed by atoms with Crippen LogP contribution in [0, 0.1) is 16.7 Å². The molecule has 224 valence electrons. The number of aryl methyl sites for hydroxylation is 1. The standard InChI is InChI=1S/C31H38ClN5O5/c1-30(29(40)41)10-3-2-4-20(30)28(39)37-15-7-19-21(32)5-6-23(42-24-9-14-36-18-33-34-27(24)36)26(19)22(37)8-13-35-17-31(11-12-31)16-25(35)38/h5-6,18,20,22,24H,2-4,7-17H2,1H3,(H,40,41)/t20-,22+,24?,30-/m0/s1. The topological polar surface area (TPSA) is 118 Å². The third-order valence-electron chi connectivity index (χ3n) is 10.7. The number of halogens is 1. The van der Waals surface area contributed by atoms with E-state index in [0.29, 0.717) is 56.0 Å². The Hall–Kier alpha value is -3.14. The van der Waals surface area contributed by atoms with Gasteiger partial charge in [-0.3, -0.25) is 14.4 Å². The van der Waals surface area contributed by atoms with Crippen LogP contribution in [0.5, 0.6) is 5.75 Å². The van der Waals surface area contributed by atoms with E-state index in [1.807, 2.05) is 26.5 Å². The number of hydrogen-bond donors (Lipinski definition) is 1. The van der Waals surface area contributed by atoms with Crippen LogP contribution in [0.1, 0.15) is 93.8 Å². The largest absolute Gasteiger partial charge is 0.482 e. The lowest BCUT2D eigenvalue weighted by Crippen LogP contribution is -2.51. The zero-order valence-corrected chi connectivity index (χ0v) is 24.8. The molecule has 4 atom stereocenters. The summed E-state index contributed by atoms with van der Waals surface area (Å²) >= 11 is 6.79. The highest BCUT2D eigenvalue weighted by molar-refractivity contribution is 6.31. The molecule has 3 aliphatic heterocycles. The van der Waals surface area contributed by atoms with Gasteiger partial charge < -0.3 is 24.2 Å². The summed E-state index contributed by atoms with van der Waals surface area (Å²) in [6, 6.07) is 3.34. The van der Waals surface area contributed by atoms with Gasteiger partial charge in [-0.2, -0.15) is 0 Å². The van der Waals surface area contributed by atoms with Crippen LogP contribution in [-0.4, -0.2) is 67.1 Å². The average Bonchev–Trinajstić information content (AvgIpc) is 3.26. The Bertz CT molecular complexity index is 1440. The number of likely N-dealkylation sites (tertiary alicyclic amines) is 1. The molecule has 4 heterocycles. The van der Waals surface area contributed by atoms with E-state index in [1.54, 1.807) is 13.3 Å². The van der Waals surface area contributed by atoms with Crippen molar-refractivity contribution in [2.24, 2.45) is 16.7 Å². The molecule has 42 heavy (non-hydrogen) atoms. The van der Waals surface area contributed by atoms with E-state index in [9.17, 15) is 19.5 Å². The Morgan fingerprint density at radius 1 is 1.17 bits per heavy atom. The highest BCUT2D eigenvalue weighted by Crippen LogP contribution is 2.53. The SMILES string of the molecule is C[C@]1(C(=O)O)CCCC[C@H]1C(=O)N1CCc2c(Cl)ccc(OC3CCn4cnnc43)c2[C@H]1CCN1CC2(CC2)CC1=O. The van der Waals surface area contributed by atoms with Crippen molar-refractivity contribution < 1.29 is 24.2 Å². The number of fused-ring (bicyclic) bond motifs is 2. The first-order valence-corrected chi connectivity index (χ1v) is 15.7. The van der Waals surface area contributed by atoms with Gasteiger partial charge in [0.2, 0.25) is 11.8 Å². The zero-order valence-electron chi connectivity index (χ0n) is 24.1. The van der Waals surface area contributed by atoms with E-state index in [4.69, 9.17) is 16.3 Å². The lowest BCUT2D eigenvalue weighted by molar-refractivity contribution is -0.162. The zero-order chi connectivity index (χ0) is 29.2. The van der Waals surface area contributed by atoms with Crippen LogP contribution in [0.15, 0.2) is 18.5 Å². The summed E-state index contributed by atoms with van der Waals surface area (Å²) in [6.07, 6.45) is 8.78. The van der Waals surface area contributed by atoms with Crippen molar-refractivity contribution in [3.05, 3.63) is 40.4 Å². The molecule has 1 N–H and O–H groups in total. The lowest BCUT2D eigenvalue weighted by atomic mass is 9.66. The van der Waals surface area contributed by atoms with Crippen molar-refractivity contribution in [3.8, 4) is 5.75 Å². The minimum atomic E-state index is -1.11. The van der Waals surface area contributed by atoms with Crippen LogP contribution in [0.2, 0.25) is 5.02 Å². The van der Waals surface area contributed by atoms with Crippen LogP contribution >= 0.6 is 11.6 Å². The normalized spacial score (nSPS) is 29.5. The van der Waals surface area contributed by atoms with Gasteiger partial charge in [-0.05, 0) is 68.6 Å². The minimum Gasteiger partial charge on any atom is -0.482 e. The van der Waals surface area contributed by atoms with E-state index in [2.05, 4.69) is 10.2 Å². The molecule has 2 aliphatic carbocycles. The third-order valence-corrected chi connectivity index (χ3v) is 11.1. The summed E-state index contributed by atoms with van der Waals surface area (Å²) in [7, 11) is 0. The number of carboxylic acid groups (broad SMARTS) is 1. The number of hydrogen-bond acceptors (Lipinski definition) is 6. The van der Waals surface area contributed by atoms with E-state index in [0.717, 1.165) is 62.1 Å². The Balaban J connectivity index is 1.24. The quantitative estimate of drug-likeness (QED) is 0.498. The van der Waals surface area contributed by atoms with E-state index in [-0.39, 0.29) is 23.3 Å². The van der Waals surface area contributed by atoms with Crippen molar-refractivity contribution >= 4 is 29.4 Å². The fraction of sp³-hybridized carbons (Fsp3) is 0.645. The van der Waals surface area contributed by atoms with E-state index >= 15 is 0 Å². The average molecular weight is 596 g/mol. The van der Waals surface area contributed by atoms with Crippen LogP contribution < -0.4 is 4.74 Å². The van der Waals surface area contributed by atoms with Gasteiger partial charge in [0.15, 0.2) is 11.9 Å². The first-order chi connectivity index (χ1) is 20.2. The molecule has 1 saturated heterocycles. The Kier molecular flexibility index (Phi) is 6.75. The number of carbonyl (C=O) groups excluding carboxylic acids is 2. The number of nitrogens with zero attached hydrogens (tertiary/aromatic N) is 5. The van der Waals surface area contributed by atoms with Gasteiger partial charge in [-0.25, -0.2) is 0 Å². The molecule has 7 rings (SSSR count). The number of amides is 2. The summed E-state index contributed by atoms with van der Waals surface area (Å²) in [4.78, 5) is 43.7. The highest BCUT2D eigenvalue weighted by Gasteiger charge is 2.52. The Morgan fingerprint density at radius 3 is 2.76 bits per heavy atom. The molecular weight excluding hydrogens is 558 g/mol. The monoisotopic (exact) mass is 595 g/mol. The molecule has 5 aliphatic rings. The number of carboxylic acids is 1. The molecule has 3 fully saturated rings. The fourth-order valence-corrected chi connectivity index (χ4v) is 8.20. The molecule has 2 amide bonds. The van der Waals surface area contributed by atoms with Gasteiger partial charge in [0.25, 0.3) is 0 Å². The number of aliphatic carboxylic acids is 1. The number of ether oxygens (including phenoxy) is 1. The minimum absolute atomic E-state index is 0.117. The number of carbonyl (C=O) groups is 3. The molecule has 1 unspecified atom stereocenters. The number of aromatic nitrogens is 3. The first-order valence-electron chi connectivity index (χ1n) is 15.4. The van der Waals surface area contributed by atoms with Crippen LogP contribution in [0.25, 0.3) is 0 Å². The van der Waals surface area contributed by atoms with Crippen LogP contribution in [-0.2, 0) is 27.3 Å². The van der Waals surface area contributed by atoms with Gasteiger partial charge in [0.1, 0.15) is 12.1 Å². The maximum atomic E-state index is 14.4. The number of benzene rings is 1. The Morgan fingerprint density at radius 2 is 2.00 bits per heavy atom. The van der Waals surface area contributed by atoms with Gasteiger partial charge in [-0.1, -0.05) is 24.4 Å². The van der Waals surface area contributed by atoms with Crippen LogP contribution in [0.3, 0.4) is 0 Å². The van der Waals surface area contributed by atoms with Crippen molar-refractivity contribution in [3.63, 3.8) is 0 Å². The maximum Gasteiger partial charge on any atom is 0.310 e. The molecule has 1 aromatic carbocycles. The van der Waals surface area contributed by atoms with Gasteiger partial charge in [0, 0.05) is 49.6 Å². The second kappa shape index (κ2) is 10.2. The third kappa shape index (κ3) is 4.57. The van der Waals surface area contributed by atoms with Crippen molar-refractivity contribution in [2.45, 2.75) is 89.8 Å². The van der Waals surface area contributed by atoms with Gasteiger partial charge in [0.05, 0.1) is 17.4 Å². The fourth-order valence-electron chi connectivity index (χ4n) is 7.94. The molecule has 1 aromatic heterocycles. The van der Waals surface area contributed by atoms with Gasteiger partial charge in [-0.15, -0.1) is 10.2 Å². The first kappa shape index (κ1) is 27.7. The van der Waals surface area contributed by atoms with Crippen molar-refractivity contribution in [2.75, 3.05) is 19.6 Å². The lowest BCUT2D eigenvalue weighted by Gasteiger charge is -2.45. The second-order valence-electron chi connectivity index (χ2n) is 13.3. The maximum absolute atomic E-state index is 14.4. The highest BCUT2D eigenvalue weighted by atomic mass is 35.5. The molecule has 2 aromatic rings.